The Morgan fingerprint density at radius 3 is 2.77 bits per heavy atom. The van der Waals surface area contributed by atoms with Gasteiger partial charge in [0, 0.05) is 14.6 Å². The van der Waals surface area contributed by atoms with Crippen LogP contribution in [0.15, 0.2) is 46.2 Å². The van der Waals surface area contributed by atoms with Gasteiger partial charge in [0.15, 0.2) is 5.76 Å². The highest BCUT2D eigenvalue weighted by Gasteiger charge is 2.17. The van der Waals surface area contributed by atoms with E-state index in [1.807, 2.05) is 29.6 Å². The maximum Gasteiger partial charge on any atom is 0.433 e. The van der Waals surface area contributed by atoms with Crippen LogP contribution >= 0.6 is 22.7 Å². The first-order valence-corrected chi connectivity index (χ1v) is 7.98. The number of nitrogens with one attached hydrogen (secondary N) is 1. The first-order valence-electron chi connectivity index (χ1n) is 6.28. The van der Waals surface area contributed by atoms with E-state index in [1.165, 1.54) is 10.9 Å². The Kier molecular flexibility index (Phi) is 4.03. The monoisotopic (exact) mass is 334 g/mol. The third kappa shape index (κ3) is 3.07. The molecule has 1 amide bonds. The fourth-order valence-electron chi connectivity index (χ4n) is 1.83. The second kappa shape index (κ2) is 6.12. The van der Waals surface area contributed by atoms with Crippen LogP contribution in [0.3, 0.4) is 0 Å². The molecule has 0 spiro atoms. The number of nitro groups is 1. The van der Waals surface area contributed by atoms with Gasteiger partial charge in [-0.15, -0.1) is 22.7 Å². The second-order valence-electron chi connectivity index (χ2n) is 4.32. The van der Waals surface area contributed by atoms with E-state index in [0.29, 0.717) is 6.54 Å². The molecule has 0 radical (unpaired) electrons. The van der Waals surface area contributed by atoms with Gasteiger partial charge < -0.3 is 9.73 Å². The lowest BCUT2D eigenvalue weighted by Gasteiger charge is -2.00. The molecule has 6 nitrogen and oxygen atoms in total. The zero-order valence-electron chi connectivity index (χ0n) is 11.1. The smallest absolute Gasteiger partial charge is 0.395 e. The van der Waals surface area contributed by atoms with Crippen LogP contribution in [-0.2, 0) is 6.54 Å². The van der Waals surface area contributed by atoms with Crippen molar-refractivity contribution in [2.45, 2.75) is 6.54 Å². The van der Waals surface area contributed by atoms with E-state index in [-0.39, 0.29) is 5.76 Å². The number of carbonyl (C=O) groups excluding carboxylic acids is 1. The molecule has 3 heterocycles. The van der Waals surface area contributed by atoms with E-state index in [2.05, 4.69) is 5.32 Å². The minimum Gasteiger partial charge on any atom is -0.395 e. The third-order valence-corrected chi connectivity index (χ3v) is 5.00. The predicted molar refractivity (Wildman–Crippen MR) is 84.2 cm³/mol. The summed E-state index contributed by atoms with van der Waals surface area (Å²) in [5.74, 6) is -0.984. The van der Waals surface area contributed by atoms with Gasteiger partial charge >= 0.3 is 5.88 Å². The average Bonchev–Trinajstić information content (AvgIpc) is 3.23. The van der Waals surface area contributed by atoms with Crippen LogP contribution in [0.4, 0.5) is 5.88 Å². The molecule has 0 atom stereocenters. The van der Waals surface area contributed by atoms with Crippen molar-refractivity contribution in [3.05, 3.63) is 62.5 Å². The molecule has 112 valence electrons. The lowest BCUT2D eigenvalue weighted by atomic mass is 10.3. The van der Waals surface area contributed by atoms with Crippen LogP contribution in [0, 0.1) is 10.1 Å². The quantitative estimate of drug-likeness (QED) is 0.566. The van der Waals surface area contributed by atoms with Crippen molar-refractivity contribution in [1.29, 1.82) is 0 Å². The maximum absolute atomic E-state index is 11.9. The second-order valence-corrected chi connectivity index (χ2v) is 6.44. The van der Waals surface area contributed by atoms with Crippen LogP contribution in [0.5, 0.6) is 0 Å². The van der Waals surface area contributed by atoms with Gasteiger partial charge in [-0.2, -0.15) is 0 Å². The van der Waals surface area contributed by atoms with Gasteiger partial charge in [0.25, 0.3) is 5.91 Å². The molecule has 22 heavy (non-hydrogen) atoms. The SMILES string of the molecule is O=C(NCc1ccc(-c2cccs2)s1)c1ccc([N+](=O)[O-])o1. The zero-order valence-corrected chi connectivity index (χ0v) is 12.8. The predicted octanol–water partition coefficient (Wildman–Crippen LogP) is 3.91. The first-order chi connectivity index (χ1) is 10.6. The van der Waals surface area contributed by atoms with Crippen molar-refractivity contribution < 1.29 is 14.1 Å². The molecule has 0 fully saturated rings. The summed E-state index contributed by atoms with van der Waals surface area (Å²) in [7, 11) is 0. The lowest BCUT2D eigenvalue weighted by Crippen LogP contribution is -2.21. The molecule has 3 aromatic rings. The zero-order chi connectivity index (χ0) is 15.5. The van der Waals surface area contributed by atoms with Gasteiger partial charge in [-0.1, -0.05) is 6.07 Å². The van der Waals surface area contributed by atoms with Gasteiger partial charge in [0.1, 0.15) is 4.92 Å². The number of carbonyl (C=O) groups is 1. The number of amides is 1. The molecule has 8 heteroatoms. The minimum absolute atomic E-state index is 0.0678. The number of furan rings is 1. The Morgan fingerprint density at radius 1 is 1.23 bits per heavy atom. The van der Waals surface area contributed by atoms with Crippen molar-refractivity contribution in [3.63, 3.8) is 0 Å². The van der Waals surface area contributed by atoms with E-state index in [4.69, 9.17) is 4.42 Å². The number of nitrogens with zero attached hydrogens (tertiary/aromatic N) is 1. The van der Waals surface area contributed by atoms with Crippen molar-refractivity contribution in [3.8, 4) is 9.75 Å². The Labute approximate surface area is 133 Å². The summed E-state index contributed by atoms with van der Waals surface area (Å²) >= 11 is 3.26. The fraction of sp³-hybridized carbons (Fsp3) is 0.0714. The molecule has 0 aliphatic carbocycles. The van der Waals surface area contributed by atoms with Crippen LogP contribution in [0.25, 0.3) is 9.75 Å². The van der Waals surface area contributed by atoms with E-state index < -0.39 is 16.7 Å². The van der Waals surface area contributed by atoms with Gasteiger partial charge in [-0.05, 0) is 29.6 Å². The largest absolute Gasteiger partial charge is 0.433 e. The van der Waals surface area contributed by atoms with E-state index >= 15 is 0 Å². The number of thiophene rings is 2. The standard InChI is InChI=1S/C14H10N2O4S2/c17-14(10-4-6-13(20-10)16(18)19)15-8-9-3-5-12(22-9)11-2-1-7-21-11/h1-7H,8H2,(H,15,17). The summed E-state index contributed by atoms with van der Waals surface area (Å²) in [5.41, 5.74) is 0. The molecule has 1 N–H and O–H groups in total. The summed E-state index contributed by atoms with van der Waals surface area (Å²) in [6, 6.07) is 10.4. The van der Waals surface area contributed by atoms with Crippen LogP contribution in [-0.4, -0.2) is 10.8 Å². The van der Waals surface area contributed by atoms with Gasteiger partial charge in [0.05, 0.1) is 12.6 Å². The van der Waals surface area contributed by atoms with E-state index in [9.17, 15) is 14.9 Å². The maximum atomic E-state index is 11.9. The van der Waals surface area contributed by atoms with Crippen LogP contribution in [0.1, 0.15) is 15.4 Å². The summed E-state index contributed by atoms with van der Waals surface area (Å²) < 4.78 is 4.85. The third-order valence-electron chi connectivity index (χ3n) is 2.84. The molecule has 0 unspecified atom stereocenters. The molecule has 0 aromatic carbocycles. The first kappa shape index (κ1) is 14.5. The minimum atomic E-state index is -0.677. The molecule has 0 saturated carbocycles. The van der Waals surface area contributed by atoms with Crippen molar-refractivity contribution in [1.82, 2.24) is 5.32 Å². The van der Waals surface area contributed by atoms with Crippen LogP contribution in [0.2, 0.25) is 0 Å². The molecule has 3 aromatic heterocycles. The van der Waals surface area contributed by atoms with Crippen molar-refractivity contribution in [2.24, 2.45) is 0 Å². The molecule has 0 saturated heterocycles. The van der Waals surface area contributed by atoms with Gasteiger partial charge in [0.2, 0.25) is 0 Å². The van der Waals surface area contributed by atoms with Crippen molar-refractivity contribution in [2.75, 3.05) is 0 Å². The molecule has 3 rings (SSSR count). The molecule has 0 aliphatic heterocycles. The number of hydrogen-bond donors (Lipinski definition) is 1. The highest BCUT2D eigenvalue weighted by Crippen LogP contribution is 2.31. The molecule has 0 bridgehead atoms. The summed E-state index contributed by atoms with van der Waals surface area (Å²) in [4.78, 5) is 25.0. The summed E-state index contributed by atoms with van der Waals surface area (Å²) in [6.45, 7) is 0.351. The Balaban J connectivity index is 1.62. The summed E-state index contributed by atoms with van der Waals surface area (Å²) in [5, 5.41) is 15.2. The van der Waals surface area contributed by atoms with Gasteiger partial charge in [-0.3, -0.25) is 14.9 Å². The Morgan fingerprint density at radius 2 is 2.09 bits per heavy atom. The van der Waals surface area contributed by atoms with Gasteiger partial charge in [-0.25, -0.2) is 0 Å². The number of hydrogen-bond acceptors (Lipinski definition) is 6. The molecular weight excluding hydrogens is 324 g/mol. The average molecular weight is 334 g/mol. The van der Waals surface area contributed by atoms with Crippen LogP contribution < -0.4 is 5.32 Å². The number of rotatable bonds is 5. The Hall–Kier alpha value is -2.45. The molecular formula is C14H10N2O4S2. The summed E-state index contributed by atoms with van der Waals surface area (Å²) in [6.07, 6.45) is 0. The fourth-order valence-corrected chi connectivity index (χ4v) is 3.61. The normalized spacial score (nSPS) is 10.5. The van der Waals surface area contributed by atoms with E-state index in [0.717, 1.165) is 15.8 Å². The van der Waals surface area contributed by atoms with E-state index in [1.54, 1.807) is 22.7 Å². The lowest BCUT2D eigenvalue weighted by molar-refractivity contribution is -0.402. The topological polar surface area (TPSA) is 85.4 Å². The van der Waals surface area contributed by atoms with Crippen molar-refractivity contribution >= 4 is 34.5 Å². The highest BCUT2D eigenvalue weighted by molar-refractivity contribution is 7.21. The highest BCUT2D eigenvalue weighted by atomic mass is 32.1. The molecule has 0 aliphatic rings. The Bertz CT molecular complexity index is 805.